The lowest BCUT2D eigenvalue weighted by Gasteiger charge is -2.32. The van der Waals surface area contributed by atoms with E-state index < -0.39 is 0 Å². The highest BCUT2D eigenvalue weighted by Gasteiger charge is 2.24. The first-order chi connectivity index (χ1) is 17.6. The molecule has 2 N–H and O–H groups in total. The maximum Gasteiger partial charge on any atom is 0.281 e. The molecule has 0 atom stereocenters. The van der Waals surface area contributed by atoms with Crippen LogP contribution in [-0.4, -0.2) is 64.2 Å². The number of carbonyl (C=O) groups is 1. The fourth-order valence-electron chi connectivity index (χ4n) is 4.92. The lowest BCUT2D eigenvalue weighted by atomic mass is 9.86. The normalized spacial score (nSPS) is 15.9. The summed E-state index contributed by atoms with van der Waals surface area (Å²) in [6.07, 6.45) is 8.59. The molecular formula is C27H29N6O3. The number of aliphatic hydroxyl groups excluding tert-OH is 1. The zero-order valence-electron chi connectivity index (χ0n) is 20.4. The highest BCUT2D eigenvalue weighted by atomic mass is 16.5. The smallest absolute Gasteiger partial charge is 0.281 e. The summed E-state index contributed by atoms with van der Waals surface area (Å²) >= 11 is 0. The van der Waals surface area contributed by atoms with Crippen molar-refractivity contribution in [2.24, 2.45) is 0 Å². The van der Waals surface area contributed by atoms with Crippen molar-refractivity contribution in [3.8, 4) is 17.3 Å². The van der Waals surface area contributed by atoms with Crippen molar-refractivity contribution in [2.75, 3.05) is 38.7 Å². The number of hydrogen-bond acceptors (Lipinski definition) is 8. The van der Waals surface area contributed by atoms with Gasteiger partial charge in [0.15, 0.2) is 0 Å². The highest BCUT2D eigenvalue weighted by Crippen LogP contribution is 2.34. The van der Waals surface area contributed by atoms with Crippen LogP contribution in [0.1, 0.15) is 45.8 Å². The van der Waals surface area contributed by atoms with Crippen LogP contribution in [0.4, 0.5) is 11.5 Å². The van der Waals surface area contributed by atoms with Gasteiger partial charge in [0, 0.05) is 18.4 Å². The van der Waals surface area contributed by atoms with E-state index in [-0.39, 0.29) is 12.5 Å². The van der Waals surface area contributed by atoms with Crippen LogP contribution in [-0.2, 0) is 0 Å². The SMILES string of the molecule is COc1cncc(-c2cc3c(c(Nc4ccc(C5CCN(CCO)CC5)c(C)c4)n2)C(=O)[N]C=C3)n1. The van der Waals surface area contributed by atoms with E-state index in [2.05, 4.69) is 44.6 Å². The summed E-state index contributed by atoms with van der Waals surface area (Å²) in [5.41, 5.74) is 5.64. The second-order valence-electron chi connectivity index (χ2n) is 9.05. The minimum absolute atomic E-state index is 0.207. The molecule has 5 rings (SSSR count). The van der Waals surface area contributed by atoms with Crippen LogP contribution >= 0.6 is 0 Å². The molecule has 0 bridgehead atoms. The van der Waals surface area contributed by atoms with Gasteiger partial charge in [0.1, 0.15) is 11.5 Å². The number of aryl methyl sites for hydroxylation is 1. The lowest BCUT2D eigenvalue weighted by molar-refractivity contribution is 0.0965. The summed E-state index contributed by atoms with van der Waals surface area (Å²) in [6.45, 7) is 5.07. The molecule has 2 aromatic heterocycles. The molecule has 185 valence electrons. The fraction of sp³-hybridized carbons (Fsp3) is 0.333. The van der Waals surface area contributed by atoms with Gasteiger partial charge in [0.05, 0.1) is 37.4 Å². The van der Waals surface area contributed by atoms with Gasteiger partial charge in [0.25, 0.3) is 5.91 Å². The first kappa shape index (κ1) is 23.9. The number of fused-ring (bicyclic) bond motifs is 1. The van der Waals surface area contributed by atoms with E-state index in [1.54, 1.807) is 12.3 Å². The number of β-amino-alcohol motifs (C(OH)–C–C–N with tert-alkyl or cyclic N) is 1. The molecule has 2 aliphatic heterocycles. The first-order valence-electron chi connectivity index (χ1n) is 12.1. The highest BCUT2D eigenvalue weighted by molar-refractivity contribution is 6.05. The Morgan fingerprint density at radius 2 is 1.97 bits per heavy atom. The number of rotatable bonds is 7. The molecule has 0 spiro atoms. The molecule has 9 heteroatoms. The van der Waals surface area contributed by atoms with Gasteiger partial charge in [-0.25, -0.2) is 15.3 Å². The molecule has 1 amide bonds. The number of ether oxygens (including phenoxy) is 1. The van der Waals surface area contributed by atoms with Gasteiger partial charge in [-0.3, -0.25) is 9.78 Å². The average Bonchev–Trinajstić information content (AvgIpc) is 2.89. The molecule has 9 nitrogen and oxygen atoms in total. The van der Waals surface area contributed by atoms with Gasteiger partial charge in [-0.05, 0) is 79.7 Å². The standard InChI is InChI=1S/C27H29N6O3/c1-17-13-20(3-4-21(17)18-6-9-33(10-7-18)11-12-34)30-26-25-19(5-8-29-27(25)35)14-22(32-26)23-15-28-16-24(31-23)36-2/h3-5,8,13-16,18,34H,6-7,9-12H2,1-2H3,(H,30,32). The van der Waals surface area contributed by atoms with Gasteiger partial charge >= 0.3 is 0 Å². The van der Waals surface area contributed by atoms with E-state index in [0.717, 1.165) is 43.7 Å². The molecule has 1 saturated heterocycles. The Bertz CT molecular complexity index is 1300. The maximum atomic E-state index is 12.7. The van der Waals surface area contributed by atoms with E-state index in [0.29, 0.717) is 34.6 Å². The Morgan fingerprint density at radius 3 is 2.72 bits per heavy atom. The molecule has 36 heavy (non-hydrogen) atoms. The molecular weight excluding hydrogens is 456 g/mol. The summed E-state index contributed by atoms with van der Waals surface area (Å²) in [5.74, 6) is 0.973. The number of hydrogen-bond donors (Lipinski definition) is 2. The topological polar surface area (TPSA) is 115 Å². The Morgan fingerprint density at radius 1 is 1.14 bits per heavy atom. The third-order valence-electron chi connectivity index (χ3n) is 6.77. The van der Waals surface area contributed by atoms with Crippen molar-refractivity contribution in [1.82, 2.24) is 25.2 Å². The fourth-order valence-corrected chi connectivity index (χ4v) is 4.92. The Hall–Kier alpha value is -3.82. The number of nitrogens with one attached hydrogen (secondary N) is 1. The van der Waals surface area contributed by atoms with Crippen LogP contribution in [0.15, 0.2) is 42.9 Å². The average molecular weight is 486 g/mol. The number of carbonyl (C=O) groups excluding carboxylic acids is 1. The number of nitrogens with zero attached hydrogens (tertiary/aromatic N) is 5. The van der Waals surface area contributed by atoms with E-state index in [1.165, 1.54) is 30.6 Å². The number of piperidine rings is 1. The number of amides is 1. The summed E-state index contributed by atoms with van der Waals surface area (Å²) in [5, 5.41) is 16.5. The van der Waals surface area contributed by atoms with Crippen molar-refractivity contribution >= 4 is 23.5 Å². The van der Waals surface area contributed by atoms with Crippen LogP contribution < -0.4 is 15.4 Å². The Kier molecular flexibility index (Phi) is 6.92. The van der Waals surface area contributed by atoms with Gasteiger partial charge < -0.3 is 20.1 Å². The Labute approximate surface area is 210 Å². The predicted molar refractivity (Wildman–Crippen MR) is 137 cm³/mol. The number of aromatic nitrogens is 3. The summed E-state index contributed by atoms with van der Waals surface area (Å²) in [4.78, 5) is 28.4. The largest absolute Gasteiger partial charge is 0.480 e. The molecule has 0 unspecified atom stereocenters. The lowest BCUT2D eigenvalue weighted by Crippen LogP contribution is -2.35. The number of pyridine rings is 1. The zero-order valence-corrected chi connectivity index (χ0v) is 20.4. The van der Waals surface area contributed by atoms with E-state index in [1.807, 2.05) is 12.1 Å². The Balaban J connectivity index is 1.44. The third-order valence-corrected chi connectivity index (χ3v) is 6.77. The maximum absolute atomic E-state index is 12.7. The molecule has 1 radical (unpaired) electrons. The minimum Gasteiger partial charge on any atom is -0.480 e. The molecule has 0 saturated carbocycles. The van der Waals surface area contributed by atoms with Gasteiger partial charge in [-0.1, -0.05) is 6.07 Å². The van der Waals surface area contributed by atoms with Crippen molar-refractivity contribution in [2.45, 2.75) is 25.7 Å². The monoisotopic (exact) mass is 485 g/mol. The van der Waals surface area contributed by atoms with Gasteiger partial charge in [-0.15, -0.1) is 0 Å². The molecule has 1 fully saturated rings. The van der Waals surface area contributed by atoms with Crippen LogP contribution in [0, 0.1) is 6.92 Å². The molecule has 0 aliphatic carbocycles. The van der Waals surface area contributed by atoms with Crippen molar-refractivity contribution < 1.29 is 14.6 Å². The van der Waals surface area contributed by atoms with E-state index >= 15 is 0 Å². The first-order valence-corrected chi connectivity index (χ1v) is 12.1. The quantitative estimate of drug-likeness (QED) is 0.523. The number of anilines is 2. The molecule has 4 heterocycles. The summed E-state index contributed by atoms with van der Waals surface area (Å²) in [7, 11) is 1.54. The van der Waals surface area contributed by atoms with Gasteiger partial charge in [-0.2, -0.15) is 0 Å². The van der Waals surface area contributed by atoms with Crippen LogP contribution in [0.3, 0.4) is 0 Å². The van der Waals surface area contributed by atoms with E-state index in [4.69, 9.17) is 9.72 Å². The second-order valence-corrected chi connectivity index (χ2v) is 9.05. The zero-order chi connectivity index (χ0) is 25.1. The molecule has 1 aromatic carbocycles. The number of aliphatic hydroxyl groups is 1. The number of likely N-dealkylation sites (tertiary alicyclic amines) is 1. The van der Waals surface area contributed by atoms with Crippen molar-refractivity contribution in [3.63, 3.8) is 0 Å². The van der Waals surface area contributed by atoms with Crippen molar-refractivity contribution in [1.29, 1.82) is 0 Å². The van der Waals surface area contributed by atoms with Gasteiger partial charge in [0.2, 0.25) is 5.88 Å². The van der Waals surface area contributed by atoms with Crippen molar-refractivity contribution in [3.05, 3.63) is 65.1 Å². The predicted octanol–water partition coefficient (Wildman–Crippen LogP) is 3.50. The second kappa shape index (κ2) is 10.4. The van der Waals surface area contributed by atoms with Crippen LogP contribution in [0.25, 0.3) is 17.5 Å². The molecule has 2 aliphatic rings. The van der Waals surface area contributed by atoms with E-state index in [9.17, 15) is 9.90 Å². The summed E-state index contributed by atoms with van der Waals surface area (Å²) in [6, 6.07) is 8.11. The summed E-state index contributed by atoms with van der Waals surface area (Å²) < 4.78 is 5.21. The number of methoxy groups -OCH3 is 1. The minimum atomic E-state index is -0.339. The van der Waals surface area contributed by atoms with Crippen LogP contribution in [0.5, 0.6) is 5.88 Å². The molecule has 3 aromatic rings. The number of benzene rings is 1. The third kappa shape index (κ3) is 4.93. The van der Waals surface area contributed by atoms with Crippen LogP contribution in [0.2, 0.25) is 0 Å².